The highest BCUT2D eigenvalue weighted by Gasteiger charge is 2.26. The number of rotatable bonds is 5. The van der Waals surface area contributed by atoms with Crippen LogP contribution in [0.5, 0.6) is 0 Å². The summed E-state index contributed by atoms with van der Waals surface area (Å²) < 4.78 is 15.0. The van der Waals surface area contributed by atoms with Crippen LogP contribution in [0.1, 0.15) is 12.6 Å². The van der Waals surface area contributed by atoms with E-state index in [2.05, 4.69) is 12.2 Å². The Morgan fingerprint density at radius 1 is 1.16 bits per heavy atom. The van der Waals surface area contributed by atoms with E-state index in [9.17, 15) is 9.60 Å². The first-order valence-electron chi connectivity index (χ1n) is 10.7. The minimum atomic E-state index is -0.336. The Hall–Kier alpha value is -2.85. The second kappa shape index (κ2) is 8.25. The van der Waals surface area contributed by atoms with Crippen LogP contribution < -0.4 is 14.9 Å². The molecule has 7 nitrogen and oxygen atoms in total. The van der Waals surface area contributed by atoms with Crippen molar-refractivity contribution >= 4 is 33.6 Å². The van der Waals surface area contributed by atoms with E-state index in [0.717, 1.165) is 45.7 Å². The predicted molar refractivity (Wildman–Crippen MR) is 128 cm³/mol. The number of halogens is 1. The first-order valence-corrected chi connectivity index (χ1v) is 11.6. The number of nitrogens with one attached hydrogen (secondary N) is 1. The molecule has 1 aromatic carbocycles. The second-order valence-corrected chi connectivity index (χ2v) is 8.86. The summed E-state index contributed by atoms with van der Waals surface area (Å²) in [4.78, 5) is 11.6. The summed E-state index contributed by atoms with van der Waals surface area (Å²) in [6.45, 7) is 4.52. The molecular weight excluding hydrogens is 427 g/mol. The van der Waals surface area contributed by atoms with Gasteiger partial charge >= 0.3 is 0 Å². The molecule has 0 atom stereocenters. The van der Waals surface area contributed by atoms with Crippen molar-refractivity contribution in [2.24, 2.45) is 0 Å². The fraction of sp³-hybridized carbons (Fsp3) is 0.304. The number of anilines is 2. The monoisotopic (exact) mass is 452 g/mol. The van der Waals surface area contributed by atoms with Crippen molar-refractivity contribution < 1.29 is 4.39 Å². The highest BCUT2D eigenvalue weighted by Crippen LogP contribution is 2.35. The summed E-state index contributed by atoms with van der Waals surface area (Å²) in [7, 11) is 1.97. The van der Waals surface area contributed by atoms with E-state index in [1.54, 1.807) is 12.1 Å². The maximum absolute atomic E-state index is 13.4. The minimum Gasteiger partial charge on any atom is -0.627 e. The molecule has 0 bridgehead atoms. The Bertz CT molecular complexity index is 1250. The summed E-state index contributed by atoms with van der Waals surface area (Å²) in [5.41, 5.74) is 4.16. The zero-order valence-electron chi connectivity index (χ0n) is 18.1. The van der Waals surface area contributed by atoms with Gasteiger partial charge in [-0.1, -0.05) is 6.92 Å². The molecule has 0 amide bonds. The molecular formula is C23H25FN6OS. The van der Waals surface area contributed by atoms with E-state index in [-0.39, 0.29) is 10.5 Å². The van der Waals surface area contributed by atoms with E-state index < -0.39 is 0 Å². The van der Waals surface area contributed by atoms with E-state index in [1.807, 2.05) is 40.1 Å². The van der Waals surface area contributed by atoms with Gasteiger partial charge in [0.1, 0.15) is 23.0 Å². The van der Waals surface area contributed by atoms with Gasteiger partial charge in [-0.2, -0.15) is 0 Å². The van der Waals surface area contributed by atoms with Gasteiger partial charge in [-0.05, 0) is 36.8 Å². The molecule has 1 aliphatic rings. The van der Waals surface area contributed by atoms with Gasteiger partial charge in [0.2, 0.25) is 0 Å². The lowest BCUT2D eigenvalue weighted by molar-refractivity contribution is 0.320. The van der Waals surface area contributed by atoms with Crippen molar-refractivity contribution in [2.45, 2.75) is 13.3 Å². The lowest BCUT2D eigenvalue weighted by atomic mass is 10.2. The van der Waals surface area contributed by atoms with E-state index in [1.165, 1.54) is 23.5 Å². The van der Waals surface area contributed by atoms with Crippen LogP contribution in [-0.2, 0) is 6.42 Å². The van der Waals surface area contributed by atoms with Gasteiger partial charge in [0.05, 0.1) is 30.7 Å². The fourth-order valence-corrected chi connectivity index (χ4v) is 4.98. The standard InChI is InChI=1S/C23H25FN6OS/c1-3-19-22(28(2)23-27-20(15-32-23)16-4-6-17(24)7-5-16)29-14-18(8-9-21(29)26-19)30(31)12-10-25-11-13-30/h4-9,14-15,25H,3,10-13H2,1-2H3. The summed E-state index contributed by atoms with van der Waals surface area (Å²) in [5, 5.41) is 19.4. The van der Waals surface area contributed by atoms with Crippen molar-refractivity contribution in [1.82, 2.24) is 24.3 Å². The van der Waals surface area contributed by atoms with E-state index >= 15 is 0 Å². The molecule has 0 radical (unpaired) electrons. The van der Waals surface area contributed by atoms with Crippen LogP contribution >= 0.6 is 11.3 Å². The topological polar surface area (TPSA) is 68.5 Å². The average molecular weight is 453 g/mol. The van der Waals surface area contributed by atoms with Crippen molar-refractivity contribution in [3.63, 3.8) is 0 Å². The number of pyridine rings is 1. The molecule has 1 N–H and O–H groups in total. The van der Waals surface area contributed by atoms with Crippen LogP contribution in [0.15, 0.2) is 48.0 Å². The smallest absolute Gasteiger partial charge is 0.191 e. The molecule has 0 spiro atoms. The number of piperazine rings is 1. The van der Waals surface area contributed by atoms with Gasteiger partial charge < -0.3 is 20.1 Å². The molecule has 32 heavy (non-hydrogen) atoms. The van der Waals surface area contributed by atoms with Crippen molar-refractivity contribution in [3.8, 4) is 11.3 Å². The zero-order chi connectivity index (χ0) is 22.3. The largest absolute Gasteiger partial charge is 0.627 e. The number of fused-ring (bicyclic) bond motifs is 1. The van der Waals surface area contributed by atoms with Crippen LogP contribution in [0, 0.1) is 11.0 Å². The number of nitrogens with zero attached hydrogens (tertiary/aromatic N) is 5. The number of aryl methyl sites for hydroxylation is 1. The van der Waals surface area contributed by atoms with Crippen LogP contribution in [0.4, 0.5) is 21.0 Å². The van der Waals surface area contributed by atoms with E-state index in [0.29, 0.717) is 26.2 Å². The number of hydroxylamine groups is 2. The molecule has 0 saturated carbocycles. The molecule has 1 fully saturated rings. The second-order valence-electron chi connectivity index (χ2n) is 8.02. The van der Waals surface area contributed by atoms with Crippen LogP contribution in [0.3, 0.4) is 0 Å². The number of quaternary nitrogens is 1. The van der Waals surface area contributed by atoms with Gasteiger partial charge in [0.25, 0.3) is 0 Å². The Labute approximate surface area is 189 Å². The number of benzene rings is 1. The number of hydrogen-bond acceptors (Lipinski definition) is 6. The van der Waals surface area contributed by atoms with Crippen LogP contribution in [-0.4, -0.2) is 47.6 Å². The first kappa shape index (κ1) is 21.0. The molecule has 5 rings (SSSR count). The highest BCUT2D eigenvalue weighted by molar-refractivity contribution is 7.14. The quantitative estimate of drug-likeness (QED) is 0.360. The summed E-state index contributed by atoms with van der Waals surface area (Å²) in [5.74, 6) is 0.643. The third kappa shape index (κ3) is 3.67. The van der Waals surface area contributed by atoms with Crippen molar-refractivity contribution in [1.29, 1.82) is 0 Å². The Balaban J connectivity index is 1.55. The van der Waals surface area contributed by atoms with Crippen LogP contribution in [0.25, 0.3) is 16.9 Å². The number of hydrogen-bond donors (Lipinski definition) is 1. The summed E-state index contributed by atoms with van der Waals surface area (Å²) >= 11 is 1.52. The van der Waals surface area contributed by atoms with Crippen molar-refractivity contribution in [3.05, 3.63) is 64.7 Å². The lowest BCUT2D eigenvalue weighted by Crippen LogP contribution is -2.55. The minimum absolute atomic E-state index is 0.265. The summed E-state index contributed by atoms with van der Waals surface area (Å²) in [6.07, 6.45) is 2.69. The molecule has 166 valence electrons. The molecule has 1 aliphatic heterocycles. The lowest BCUT2D eigenvalue weighted by Gasteiger charge is -2.44. The SMILES string of the molecule is CCc1nc2ccc([N+]3([O-])CCNCC3)cn2c1N(C)c1nc(-c2ccc(F)cc2)cs1. The molecule has 0 aliphatic carbocycles. The zero-order valence-corrected chi connectivity index (χ0v) is 18.9. The van der Waals surface area contributed by atoms with Gasteiger partial charge in [-0.3, -0.25) is 4.40 Å². The Morgan fingerprint density at radius 3 is 2.62 bits per heavy atom. The third-order valence-electron chi connectivity index (χ3n) is 5.99. The van der Waals surface area contributed by atoms with Gasteiger partial charge in [0.15, 0.2) is 5.13 Å². The first-order chi connectivity index (χ1) is 15.5. The summed E-state index contributed by atoms with van der Waals surface area (Å²) in [6, 6.07) is 10.2. The normalized spacial score (nSPS) is 15.9. The van der Waals surface area contributed by atoms with Crippen LogP contribution in [0.2, 0.25) is 0 Å². The Morgan fingerprint density at radius 2 is 1.91 bits per heavy atom. The molecule has 1 saturated heterocycles. The highest BCUT2D eigenvalue weighted by atomic mass is 32.1. The van der Waals surface area contributed by atoms with Gasteiger partial charge in [-0.15, -0.1) is 11.3 Å². The van der Waals surface area contributed by atoms with Crippen molar-refractivity contribution in [2.75, 3.05) is 38.1 Å². The molecule has 4 aromatic rings. The molecule has 9 heteroatoms. The van der Waals surface area contributed by atoms with Gasteiger partial charge in [0, 0.05) is 37.1 Å². The van der Waals surface area contributed by atoms with Gasteiger partial charge in [-0.25, -0.2) is 14.4 Å². The fourth-order valence-electron chi connectivity index (χ4n) is 4.18. The number of imidazole rings is 1. The number of aromatic nitrogens is 3. The third-order valence-corrected chi connectivity index (χ3v) is 6.91. The average Bonchev–Trinajstić information content (AvgIpc) is 3.44. The Kier molecular flexibility index (Phi) is 5.42. The molecule has 4 heterocycles. The maximum Gasteiger partial charge on any atom is 0.191 e. The number of thiazole rings is 1. The van der Waals surface area contributed by atoms with E-state index in [4.69, 9.17) is 9.97 Å². The molecule has 0 unspecified atom stereocenters. The maximum atomic E-state index is 13.4. The molecule has 3 aromatic heterocycles. The predicted octanol–water partition coefficient (Wildman–Crippen LogP) is 4.34.